The molecule has 0 atom stereocenters. The quantitative estimate of drug-likeness (QED) is 0.899. The molecule has 0 spiro atoms. The molecule has 0 aromatic carbocycles. The zero-order valence-electron chi connectivity index (χ0n) is 10.7. The minimum Gasteiger partial charge on any atom is -0.377 e. The van der Waals surface area contributed by atoms with Crippen molar-refractivity contribution in [1.29, 1.82) is 0 Å². The van der Waals surface area contributed by atoms with E-state index in [4.69, 9.17) is 0 Å². The van der Waals surface area contributed by atoms with Crippen LogP contribution in [0.15, 0.2) is 24.7 Å². The van der Waals surface area contributed by atoms with Crippen molar-refractivity contribution in [2.24, 2.45) is 7.05 Å². The number of nitrogens with one attached hydrogen (secondary N) is 1. The lowest BCUT2D eigenvalue weighted by atomic mass is 10.3. The third-order valence-corrected chi connectivity index (χ3v) is 3.54. The van der Waals surface area contributed by atoms with Crippen LogP contribution < -0.4 is 5.32 Å². The first-order chi connectivity index (χ1) is 8.81. The van der Waals surface area contributed by atoms with Gasteiger partial charge in [0.2, 0.25) is 0 Å². The second kappa shape index (κ2) is 4.84. The predicted octanol–water partition coefficient (Wildman–Crippen LogP) is 2.34. The highest BCUT2D eigenvalue weighted by atomic mass is 15.3. The van der Waals surface area contributed by atoms with Crippen molar-refractivity contribution in [2.45, 2.75) is 38.3 Å². The topological polar surface area (TPSA) is 47.7 Å². The van der Waals surface area contributed by atoms with E-state index in [0.29, 0.717) is 6.04 Å². The van der Waals surface area contributed by atoms with Crippen LogP contribution in [0.1, 0.15) is 37.4 Å². The molecule has 0 amide bonds. The maximum Gasteiger partial charge on any atom is 0.0815 e. The first-order valence-corrected chi connectivity index (χ1v) is 6.58. The molecule has 2 heterocycles. The monoisotopic (exact) mass is 245 g/mol. The van der Waals surface area contributed by atoms with Crippen molar-refractivity contribution < 1.29 is 0 Å². The zero-order chi connectivity index (χ0) is 12.4. The van der Waals surface area contributed by atoms with Crippen molar-refractivity contribution in [3.63, 3.8) is 0 Å². The Labute approximate surface area is 107 Å². The van der Waals surface area contributed by atoms with Gasteiger partial charge in [0.1, 0.15) is 0 Å². The Morgan fingerprint density at radius 3 is 2.94 bits per heavy atom. The van der Waals surface area contributed by atoms with Crippen LogP contribution in [0.3, 0.4) is 0 Å². The summed E-state index contributed by atoms with van der Waals surface area (Å²) in [6, 6.07) is 2.72. The molecule has 2 aromatic heterocycles. The normalized spacial score (nSPS) is 16.3. The zero-order valence-corrected chi connectivity index (χ0v) is 10.7. The van der Waals surface area contributed by atoms with Gasteiger partial charge in [0.15, 0.2) is 0 Å². The van der Waals surface area contributed by atoms with Crippen molar-refractivity contribution in [1.82, 2.24) is 19.6 Å². The van der Waals surface area contributed by atoms with E-state index >= 15 is 0 Å². The van der Waals surface area contributed by atoms with E-state index in [1.807, 2.05) is 19.4 Å². The molecule has 5 nitrogen and oxygen atoms in total. The number of hydrogen-bond donors (Lipinski definition) is 1. The van der Waals surface area contributed by atoms with Gasteiger partial charge in [-0.1, -0.05) is 12.8 Å². The van der Waals surface area contributed by atoms with Crippen LogP contribution >= 0.6 is 0 Å². The molecule has 1 aliphatic carbocycles. The average Bonchev–Trinajstić information content (AvgIpc) is 3.07. The summed E-state index contributed by atoms with van der Waals surface area (Å²) in [5, 5.41) is 12.1. The third-order valence-electron chi connectivity index (χ3n) is 3.54. The second-order valence-corrected chi connectivity index (χ2v) is 4.98. The second-order valence-electron chi connectivity index (χ2n) is 4.98. The highest BCUT2D eigenvalue weighted by Gasteiger charge is 2.17. The Morgan fingerprint density at radius 1 is 1.39 bits per heavy atom. The summed E-state index contributed by atoms with van der Waals surface area (Å²) in [6.45, 7) is 0.755. The largest absolute Gasteiger partial charge is 0.377 e. The molecule has 0 radical (unpaired) electrons. The van der Waals surface area contributed by atoms with Crippen LogP contribution in [0.5, 0.6) is 0 Å². The van der Waals surface area contributed by atoms with Gasteiger partial charge in [-0.15, -0.1) is 0 Å². The minimum absolute atomic E-state index is 0.622. The number of rotatable bonds is 4. The first-order valence-electron chi connectivity index (χ1n) is 6.58. The lowest BCUT2D eigenvalue weighted by Gasteiger charge is -2.08. The van der Waals surface area contributed by atoms with Crippen LogP contribution in [0.4, 0.5) is 5.69 Å². The number of nitrogens with zero attached hydrogens (tertiary/aromatic N) is 4. The molecule has 0 bridgehead atoms. The van der Waals surface area contributed by atoms with Crippen molar-refractivity contribution >= 4 is 5.69 Å². The van der Waals surface area contributed by atoms with Crippen molar-refractivity contribution in [2.75, 3.05) is 5.32 Å². The summed E-state index contributed by atoms with van der Waals surface area (Å²) in [5.74, 6) is 0. The molecular formula is C13H19N5. The molecule has 96 valence electrons. The Bertz CT molecular complexity index is 507. The van der Waals surface area contributed by atoms with E-state index in [9.17, 15) is 0 Å². The lowest BCUT2D eigenvalue weighted by Crippen LogP contribution is -2.07. The molecule has 1 fully saturated rings. The first kappa shape index (κ1) is 11.3. The summed E-state index contributed by atoms with van der Waals surface area (Å²) in [7, 11) is 1.92. The number of anilines is 1. The van der Waals surface area contributed by atoms with Crippen LogP contribution in [0, 0.1) is 0 Å². The van der Waals surface area contributed by atoms with E-state index in [-0.39, 0.29) is 0 Å². The maximum absolute atomic E-state index is 4.64. The van der Waals surface area contributed by atoms with Crippen LogP contribution in [0.2, 0.25) is 0 Å². The standard InChI is InChI=1S/C13H19N5/c1-17-10-12(9-15-17)14-8-11-6-7-18(16-11)13-4-2-3-5-13/h6-7,9-10,13-14H,2-5,8H2,1H3. The Morgan fingerprint density at radius 2 is 2.22 bits per heavy atom. The molecule has 3 rings (SSSR count). The van der Waals surface area contributed by atoms with Crippen molar-refractivity contribution in [3.8, 4) is 0 Å². The van der Waals surface area contributed by atoms with E-state index < -0.39 is 0 Å². The highest BCUT2D eigenvalue weighted by Crippen LogP contribution is 2.28. The van der Waals surface area contributed by atoms with E-state index in [1.165, 1.54) is 25.7 Å². The van der Waals surface area contributed by atoms with Gasteiger partial charge >= 0.3 is 0 Å². The van der Waals surface area contributed by atoms with Gasteiger partial charge < -0.3 is 5.32 Å². The van der Waals surface area contributed by atoms with Crippen LogP contribution in [0.25, 0.3) is 0 Å². The molecule has 5 heteroatoms. The summed E-state index contributed by atoms with van der Waals surface area (Å²) in [5.41, 5.74) is 2.12. The minimum atomic E-state index is 0.622. The lowest BCUT2D eigenvalue weighted by molar-refractivity contribution is 0.463. The van der Waals surface area contributed by atoms with Gasteiger partial charge in [-0.25, -0.2) is 0 Å². The summed E-state index contributed by atoms with van der Waals surface area (Å²) >= 11 is 0. The molecule has 18 heavy (non-hydrogen) atoms. The fourth-order valence-corrected chi connectivity index (χ4v) is 2.55. The van der Waals surface area contributed by atoms with E-state index in [0.717, 1.165) is 17.9 Å². The Kier molecular flexibility index (Phi) is 3.04. The number of aromatic nitrogens is 4. The van der Waals surface area contributed by atoms with Gasteiger partial charge in [0.05, 0.1) is 30.2 Å². The summed E-state index contributed by atoms with van der Waals surface area (Å²) in [6.07, 6.45) is 11.1. The number of aryl methyl sites for hydroxylation is 1. The van der Waals surface area contributed by atoms with Gasteiger partial charge in [-0.05, 0) is 18.9 Å². The third kappa shape index (κ3) is 2.39. The fourth-order valence-electron chi connectivity index (χ4n) is 2.55. The maximum atomic E-state index is 4.64. The van der Waals surface area contributed by atoms with E-state index in [1.54, 1.807) is 4.68 Å². The molecule has 0 aliphatic heterocycles. The summed E-state index contributed by atoms with van der Waals surface area (Å²) in [4.78, 5) is 0. The van der Waals surface area contributed by atoms with Gasteiger partial charge in [0.25, 0.3) is 0 Å². The fraction of sp³-hybridized carbons (Fsp3) is 0.538. The van der Waals surface area contributed by atoms with Gasteiger partial charge in [0, 0.05) is 19.4 Å². The SMILES string of the molecule is Cn1cc(NCc2ccn(C3CCCC3)n2)cn1. The number of hydrogen-bond acceptors (Lipinski definition) is 3. The van der Waals surface area contributed by atoms with E-state index in [2.05, 4.69) is 32.5 Å². The molecular weight excluding hydrogens is 226 g/mol. The molecule has 1 aliphatic rings. The molecule has 2 aromatic rings. The molecule has 0 unspecified atom stereocenters. The summed E-state index contributed by atoms with van der Waals surface area (Å²) < 4.78 is 3.92. The highest BCUT2D eigenvalue weighted by molar-refractivity contribution is 5.38. The Balaban J connectivity index is 1.59. The molecule has 1 saturated carbocycles. The Hall–Kier alpha value is -1.78. The van der Waals surface area contributed by atoms with Crippen LogP contribution in [-0.2, 0) is 13.6 Å². The predicted molar refractivity (Wildman–Crippen MR) is 70.3 cm³/mol. The molecule has 0 saturated heterocycles. The van der Waals surface area contributed by atoms with Gasteiger partial charge in [-0.2, -0.15) is 10.2 Å². The van der Waals surface area contributed by atoms with Crippen molar-refractivity contribution in [3.05, 3.63) is 30.4 Å². The average molecular weight is 245 g/mol. The van der Waals surface area contributed by atoms with Gasteiger partial charge in [-0.3, -0.25) is 9.36 Å². The smallest absolute Gasteiger partial charge is 0.0815 e. The van der Waals surface area contributed by atoms with Crippen LogP contribution in [-0.4, -0.2) is 19.6 Å². The molecule has 1 N–H and O–H groups in total.